The Labute approximate surface area is 142 Å². The number of nitrogens with one attached hydrogen (secondary N) is 2. The van der Waals surface area contributed by atoms with E-state index >= 15 is 0 Å². The van der Waals surface area contributed by atoms with Crippen LogP contribution in [0, 0.1) is 0 Å². The van der Waals surface area contributed by atoms with Crippen LogP contribution in [0.25, 0.3) is 0 Å². The van der Waals surface area contributed by atoms with E-state index in [0.717, 1.165) is 12.1 Å². The maximum Gasteiger partial charge on any atom is 0.237 e. The van der Waals surface area contributed by atoms with Crippen LogP contribution in [0.3, 0.4) is 0 Å². The van der Waals surface area contributed by atoms with Crippen LogP contribution in [0.2, 0.25) is 0 Å². The predicted octanol–water partition coefficient (Wildman–Crippen LogP) is 2.03. The first-order valence-electron chi connectivity index (χ1n) is 8.00. The SMILES string of the molecule is COc1ccc(CNC(=O)C2Cc3ccccc3CN2)cc1OC. The van der Waals surface area contributed by atoms with E-state index in [1.165, 1.54) is 11.1 Å². The normalized spacial score (nSPS) is 16.2. The van der Waals surface area contributed by atoms with E-state index in [9.17, 15) is 4.79 Å². The van der Waals surface area contributed by atoms with Crippen LogP contribution < -0.4 is 20.1 Å². The largest absolute Gasteiger partial charge is 0.493 e. The molecule has 1 atom stereocenters. The zero-order chi connectivity index (χ0) is 16.9. The van der Waals surface area contributed by atoms with E-state index in [0.29, 0.717) is 24.5 Å². The highest BCUT2D eigenvalue weighted by atomic mass is 16.5. The lowest BCUT2D eigenvalue weighted by molar-refractivity contribution is -0.123. The van der Waals surface area contributed by atoms with Crippen LogP contribution in [0.1, 0.15) is 16.7 Å². The molecule has 5 nitrogen and oxygen atoms in total. The molecular formula is C19H22N2O3. The second-order valence-electron chi connectivity index (χ2n) is 5.81. The van der Waals surface area contributed by atoms with Gasteiger partial charge in [-0.15, -0.1) is 0 Å². The summed E-state index contributed by atoms with van der Waals surface area (Å²) in [7, 11) is 3.20. The zero-order valence-electron chi connectivity index (χ0n) is 14.0. The summed E-state index contributed by atoms with van der Waals surface area (Å²) in [5.74, 6) is 1.35. The fourth-order valence-corrected chi connectivity index (χ4v) is 2.94. The molecule has 0 aliphatic carbocycles. The van der Waals surface area contributed by atoms with E-state index in [4.69, 9.17) is 9.47 Å². The van der Waals surface area contributed by atoms with Crippen molar-refractivity contribution < 1.29 is 14.3 Å². The summed E-state index contributed by atoms with van der Waals surface area (Å²) in [5.41, 5.74) is 3.47. The quantitative estimate of drug-likeness (QED) is 0.883. The van der Waals surface area contributed by atoms with Gasteiger partial charge in [0.05, 0.1) is 20.3 Å². The zero-order valence-corrected chi connectivity index (χ0v) is 14.0. The first-order valence-corrected chi connectivity index (χ1v) is 8.00. The summed E-state index contributed by atoms with van der Waals surface area (Å²) in [5, 5.41) is 6.29. The summed E-state index contributed by atoms with van der Waals surface area (Å²) < 4.78 is 10.5. The van der Waals surface area contributed by atoms with Gasteiger partial charge in [-0.1, -0.05) is 30.3 Å². The van der Waals surface area contributed by atoms with Gasteiger partial charge in [0.15, 0.2) is 11.5 Å². The number of rotatable bonds is 5. The number of fused-ring (bicyclic) bond motifs is 1. The molecule has 5 heteroatoms. The number of carbonyl (C=O) groups is 1. The lowest BCUT2D eigenvalue weighted by Gasteiger charge is -2.25. The number of hydrogen-bond donors (Lipinski definition) is 2. The first kappa shape index (κ1) is 16.3. The van der Waals surface area contributed by atoms with Crippen LogP contribution in [-0.4, -0.2) is 26.2 Å². The number of amides is 1. The topological polar surface area (TPSA) is 59.6 Å². The Morgan fingerprint density at radius 3 is 2.62 bits per heavy atom. The van der Waals surface area contributed by atoms with E-state index in [-0.39, 0.29) is 11.9 Å². The Balaban J connectivity index is 1.60. The standard InChI is InChI=1S/C19H22N2O3/c1-23-17-8-7-13(9-18(17)24-2)11-21-19(22)16-10-14-5-3-4-6-15(14)12-20-16/h3-9,16,20H,10-12H2,1-2H3,(H,21,22). The molecule has 3 rings (SSSR count). The molecule has 0 bridgehead atoms. The van der Waals surface area contributed by atoms with Gasteiger partial charge in [0.1, 0.15) is 0 Å². The lowest BCUT2D eigenvalue weighted by Crippen LogP contribution is -2.47. The third-order valence-electron chi connectivity index (χ3n) is 4.31. The fourth-order valence-electron chi connectivity index (χ4n) is 2.94. The molecule has 2 aromatic carbocycles. The molecular weight excluding hydrogens is 304 g/mol. The maximum atomic E-state index is 12.4. The van der Waals surface area contributed by atoms with Crippen LogP contribution in [0.15, 0.2) is 42.5 Å². The summed E-state index contributed by atoms with van der Waals surface area (Å²) in [6.45, 7) is 1.18. The Kier molecular flexibility index (Phi) is 5.01. The molecule has 2 N–H and O–H groups in total. The van der Waals surface area contributed by atoms with Crippen molar-refractivity contribution in [3.8, 4) is 11.5 Å². The first-order chi connectivity index (χ1) is 11.7. The molecule has 0 radical (unpaired) electrons. The number of hydrogen-bond acceptors (Lipinski definition) is 4. The monoisotopic (exact) mass is 326 g/mol. The maximum absolute atomic E-state index is 12.4. The molecule has 0 fully saturated rings. The minimum absolute atomic E-state index is 0.0132. The minimum Gasteiger partial charge on any atom is -0.493 e. The third kappa shape index (κ3) is 3.51. The molecule has 1 aliphatic heterocycles. The Morgan fingerprint density at radius 1 is 1.12 bits per heavy atom. The molecule has 1 amide bonds. The Bertz CT molecular complexity index is 730. The highest BCUT2D eigenvalue weighted by Crippen LogP contribution is 2.27. The van der Waals surface area contributed by atoms with Crippen molar-refractivity contribution in [3.05, 3.63) is 59.2 Å². The van der Waals surface area contributed by atoms with Gasteiger partial charge in [0.2, 0.25) is 5.91 Å². The second kappa shape index (κ2) is 7.36. The molecule has 0 spiro atoms. The van der Waals surface area contributed by atoms with E-state index in [1.807, 2.05) is 30.3 Å². The van der Waals surface area contributed by atoms with Crippen molar-refractivity contribution >= 4 is 5.91 Å². The minimum atomic E-state index is -0.194. The molecule has 1 heterocycles. The molecule has 0 saturated carbocycles. The van der Waals surface area contributed by atoms with Gasteiger partial charge in [-0.05, 0) is 35.2 Å². The number of ether oxygens (including phenoxy) is 2. The Morgan fingerprint density at radius 2 is 1.88 bits per heavy atom. The van der Waals surface area contributed by atoms with E-state index in [1.54, 1.807) is 14.2 Å². The van der Waals surface area contributed by atoms with Gasteiger partial charge in [0.25, 0.3) is 0 Å². The van der Waals surface area contributed by atoms with Crippen molar-refractivity contribution in [2.45, 2.75) is 25.6 Å². The number of benzene rings is 2. The molecule has 2 aromatic rings. The summed E-state index contributed by atoms with van der Waals surface area (Å²) in [6.07, 6.45) is 0.716. The number of methoxy groups -OCH3 is 2. The fraction of sp³-hybridized carbons (Fsp3) is 0.316. The van der Waals surface area contributed by atoms with Crippen LogP contribution in [0.4, 0.5) is 0 Å². The van der Waals surface area contributed by atoms with E-state index < -0.39 is 0 Å². The van der Waals surface area contributed by atoms with Crippen molar-refractivity contribution in [1.82, 2.24) is 10.6 Å². The summed E-state index contributed by atoms with van der Waals surface area (Å²) in [4.78, 5) is 12.4. The molecule has 1 unspecified atom stereocenters. The van der Waals surface area contributed by atoms with Gasteiger partial charge in [-0.25, -0.2) is 0 Å². The summed E-state index contributed by atoms with van der Waals surface area (Å²) >= 11 is 0. The van der Waals surface area contributed by atoms with Crippen molar-refractivity contribution in [3.63, 3.8) is 0 Å². The summed E-state index contributed by atoms with van der Waals surface area (Å²) in [6, 6.07) is 13.7. The molecule has 126 valence electrons. The molecule has 24 heavy (non-hydrogen) atoms. The van der Waals surface area contributed by atoms with Crippen LogP contribution in [0.5, 0.6) is 11.5 Å². The van der Waals surface area contributed by atoms with Crippen molar-refractivity contribution in [2.24, 2.45) is 0 Å². The smallest absolute Gasteiger partial charge is 0.237 e. The highest BCUT2D eigenvalue weighted by Gasteiger charge is 2.23. The highest BCUT2D eigenvalue weighted by molar-refractivity contribution is 5.82. The molecule has 0 saturated heterocycles. The average Bonchev–Trinajstić information content (AvgIpc) is 2.65. The van der Waals surface area contributed by atoms with Gasteiger partial charge in [-0.2, -0.15) is 0 Å². The number of carbonyl (C=O) groups excluding carboxylic acids is 1. The third-order valence-corrected chi connectivity index (χ3v) is 4.31. The molecule has 0 aromatic heterocycles. The second-order valence-corrected chi connectivity index (χ2v) is 5.81. The van der Waals surface area contributed by atoms with Gasteiger partial charge >= 0.3 is 0 Å². The van der Waals surface area contributed by atoms with Crippen molar-refractivity contribution in [2.75, 3.05) is 14.2 Å². The van der Waals surface area contributed by atoms with Crippen molar-refractivity contribution in [1.29, 1.82) is 0 Å². The van der Waals surface area contributed by atoms with Crippen LogP contribution >= 0.6 is 0 Å². The van der Waals surface area contributed by atoms with Gasteiger partial charge in [0, 0.05) is 13.1 Å². The van der Waals surface area contributed by atoms with Gasteiger partial charge < -0.3 is 20.1 Å². The van der Waals surface area contributed by atoms with Gasteiger partial charge in [-0.3, -0.25) is 4.79 Å². The average molecular weight is 326 g/mol. The lowest BCUT2D eigenvalue weighted by atomic mass is 9.95. The van der Waals surface area contributed by atoms with E-state index in [2.05, 4.69) is 22.8 Å². The molecule has 1 aliphatic rings. The Hall–Kier alpha value is -2.53. The predicted molar refractivity (Wildman–Crippen MR) is 92.2 cm³/mol. The van der Waals surface area contributed by atoms with Crippen LogP contribution in [-0.2, 0) is 24.3 Å².